The van der Waals surface area contributed by atoms with Gasteiger partial charge in [-0.2, -0.15) is 11.3 Å². The van der Waals surface area contributed by atoms with Crippen LogP contribution in [-0.2, 0) is 4.79 Å². The largest absolute Gasteiger partial charge is 0.481 e. The average Bonchev–Trinajstić information content (AvgIpc) is 2.90. The number of thiophene rings is 1. The molecule has 1 aromatic rings. The molecule has 2 atom stereocenters. The van der Waals surface area contributed by atoms with Gasteiger partial charge in [0, 0.05) is 30.2 Å². The van der Waals surface area contributed by atoms with Crippen molar-refractivity contribution < 1.29 is 9.90 Å². The minimum atomic E-state index is -0.666. The number of aliphatic carboxylic acids is 1. The summed E-state index contributed by atoms with van der Waals surface area (Å²) in [6.45, 7) is 2.61. The number of carbonyl (C=O) groups is 1. The summed E-state index contributed by atoms with van der Waals surface area (Å²) in [6, 6.07) is 2.38. The molecule has 1 aromatic heterocycles. The molecule has 0 radical (unpaired) electrons. The van der Waals surface area contributed by atoms with Gasteiger partial charge >= 0.3 is 5.97 Å². The van der Waals surface area contributed by atoms with Crippen LogP contribution in [0, 0.1) is 11.8 Å². The number of carboxylic acids is 1. The number of hydrogen-bond donors (Lipinski definition) is 2. The van der Waals surface area contributed by atoms with E-state index in [1.165, 1.54) is 19.3 Å². The molecule has 110 valence electrons. The molecule has 1 saturated heterocycles. The van der Waals surface area contributed by atoms with Gasteiger partial charge in [0.1, 0.15) is 0 Å². The van der Waals surface area contributed by atoms with Crippen molar-refractivity contribution in [3.63, 3.8) is 0 Å². The number of anilines is 1. The van der Waals surface area contributed by atoms with Gasteiger partial charge in [-0.05, 0) is 43.2 Å². The summed E-state index contributed by atoms with van der Waals surface area (Å²) < 4.78 is 0. The van der Waals surface area contributed by atoms with Gasteiger partial charge < -0.3 is 15.3 Å². The van der Waals surface area contributed by atoms with Crippen molar-refractivity contribution in [2.45, 2.75) is 31.7 Å². The van der Waals surface area contributed by atoms with Crippen LogP contribution in [0.25, 0.3) is 0 Å². The van der Waals surface area contributed by atoms with Gasteiger partial charge in [0.2, 0.25) is 0 Å². The maximum atomic E-state index is 11.4. The van der Waals surface area contributed by atoms with E-state index in [0.717, 1.165) is 31.1 Å². The van der Waals surface area contributed by atoms with Gasteiger partial charge in [0.15, 0.2) is 0 Å². The molecule has 1 saturated carbocycles. The van der Waals surface area contributed by atoms with Gasteiger partial charge in [0.05, 0.1) is 5.92 Å². The molecule has 0 bridgehead atoms. The highest BCUT2D eigenvalue weighted by Crippen LogP contribution is 2.28. The highest BCUT2D eigenvalue weighted by Gasteiger charge is 2.32. The zero-order valence-electron chi connectivity index (χ0n) is 11.6. The molecule has 0 amide bonds. The summed E-state index contributed by atoms with van der Waals surface area (Å²) in [6.07, 6.45) is 4.77. The van der Waals surface area contributed by atoms with Crippen molar-refractivity contribution in [1.29, 1.82) is 0 Å². The van der Waals surface area contributed by atoms with Crippen molar-refractivity contribution in [2.75, 3.05) is 24.5 Å². The van der Waals surface area contributed by atoms with E-state index in [1.54, 1.807) is 11.3 Å². The van der Waals surface area contributed by atoms with E-state index in [0.29, 0.717) is 12.6 Å². The Balaban J connectivity index is 1.61. The maximum absolute atomic E-state index is 11.4. The van der Waals surface area contributed by atoms with Crippen molar-refractivity contribution in [3.8, 4) is 0 Å². The van der Waals surface area contributed by atoms with Crippen molar-refractivity contribution in [3.05, 3.63) is 16.8 Å². The van der Waals surface area contributed by atoms with Gasteiger partial charge in [0.25, 0.3) is 0 Å². The number of hydrogen-bond acceptors (Lipinski definition) is 4. The van der Waals surface area contributed by atoms with Crippen LogP contribution in [0.1, 0.15) is 25.7 Å². The summed E-state index contributed by atoms with van der Waals surface area (Å²) >= 11 is 1.67. The molecular weight excluding hydrogens is 272 g/mol. The van der Waals surface area contributed by atoms with E-state index in [-0.39, 0.29) is 5.92 Å². The first kappa shape index (κ1) is 13.9. The zero-order valence-corrected chi connectivity index (χ0v) is 12.4. The number of nitrogens with one attached hydrogen (secondary N) is 1. The minimum absolute atomic E-state index is 0.262. The molecule has 1 aliphatic carbocycles. The fourth-order valence-electron chi connectivity index (χ4n) is 3.10. The molecule has 5 heteroatoms. The lowest BCUT2D eigenvalue weighted by Gasteiger charge is -2.38. The summed E-state index contributed by atoms with van der Waals surface area (Å²) in [5.74, 6) is -0.113. The van der Waals surface area contributed by atoms with Gasteiger partial charge in [-0.25, -0.2) is 0 Å². The van der Waals surface area contributed by atoms with Gasteiger partial charge in [-0.1, -0.05) is 6.42 Å². The summed E-state index contributed by atoms with van der Waals surface area (Å²) in [5, 5.41) is 17.1. The predicted molar refractivity (Wildman–Crippen MR) is 81.4 cm³/mol. The topological polar surface area (TPSA) is 52.6 Å². The van der Waals surface area contributed by atoms with Crippen LogP contribution in [-0.4, -0.2) is 36.8 Å². The monoisotopic (exact) mass is 294 g/mol. The van der Waals surface area contributed by atoms with Crippen LogP contribution < -0.4 is 10.2 Å². The highest BCUT2D eigenvalue weighted by molar-refractivity contribution is 7.08. The fourth-order valence-corrected chi connectivity index (χ4v) is 3.77. The lowest BCUT2D eigenvalue weighted by molar-refractivity contribution is -0.142. The molecular formula is C15H22N2O2S. The Morgan fingerprint density at radius 3 is 2.90 bits per heavy atom. The molecule has 2 unspecified atom stereocenters. The highest BCUT2D eigenvalue weighted by atomic mass is 32.1. The number of nitrogens with zero attached hydrogens (tertiary/aromatic N) is 1. The van der Waals surface area contributed by atoms with Crippen molar-refractivity contribution >= 4 is 23.0 Å². The lowest BCUT2D eigenvalue weighted by atomic mass is 9.85. The first-order valence-corrected chi connectivity index (χ1v) is 8.40. The Hall–Kier alpha value is -1.07. The first-order valence-electron chi connectivity index (χ1n) is 7.45. The molecule has 0 spiro atoms. The Morgan fingerprint density at radius 1 is 1.45 bits per heavy atom. The Labute approximate surface area is 123 Å². The second kappa shape index (κ2) is 6.14. The number of carboxylic acid groups (broad SMARTS) is 1. The van der Waals surface area contributed by atoms with E-state index in [9.17, 15) is 9.90 Å². The van der Waals surface area contributed by atoms with Crippen LogP contribution in [0.3, 0.4) is 0 Å². The third kappa shape index (κ3) is 3.15. The van der Waals surface area contributed by atoms with E-state index in [1.807, 2.05) is 0 Å². The van der Waals surface area contributed by atoms with Crippen molar-refractivity contribution in [2.24, 2.45) is 11.8 Å². The Bertz CT molecular complexity index is 445. The predicted octanol–water partition coefficient (Wildman–Crippen LogP) is 2.42. The normalized spacial score (nSPS) is 27.3. The van der Waals surface area contributed by atoms with Crippen LogP contribution >= 0.6 is 11.3 Å². The van der Waals surface area contributed by atoms with Crippen LogP contribution in [0.2, 0.25) is 0 Å². The molecule has 0 aromatic carbocycles. The molecule has 2 heterocycles. The summed E-state index contributed by atoms with van der Waals surface area (Å²) in [7, 11) is 0. The third-order valence-electron chi connectivity index (χ3n) is 4.59. The maximum Gasteiger partial charge on any atom is 0.308 e. The summed E-state index contributed by atoms with van der Waals surface area (Å²) in [5.41, 5.74) is 1.16. The minimum Gasteiger partial charge on any atom is -0.481 e. The first-order chi connectivity index (χ1) is 9.72. The number of piperidine rings is 1. The molecule has 2 N–H and O–H groups in total. The molecule has 1 aliphatic heterocycles. The molecule has 4 nitrogen and oxygen atoms in total. The average molecular weight is 294 g/mol. The van der Waals surface area contributed by atoms with Crippen LogP contribution in [0.15, 0.2) is 16.8 Å². The SMILES string of the molecule is O=C(O)C1CC(NCC2CCC2)CN(c2ccsc2)C1. The van der Waals surface area contributed by atoms with E-state index >= 15 is 0 Å². The third-order valence-corrected chi connectivity index (χ3v) is 5.26. The molecule has 20 heavy (non-hydrogen) atoms. The number of rotatable bonds is 5. The smallest absolute Gasteiger partial charge is 0.308 e. The standard InChI is InChI=1S/C15H22N2O2S/c18-15(19)12-6-13(16-7-11-2-1-3-11)9-17(8-12)14-4-5-20-10-14/h4-5,10-13,16H,1-3,6-9H2,(H,18,19). The van der Waals surface area contributed by atoms with Crippen molar-refractivity contribution in [1.82, 2.24) is 5.32 Å². The van der Waals surface area contributed by atoms with E-state index < -0.39 is 5.97 Å². The fraction of sp³-hybridized carbons (Fsp3) is 0.667. The molecule has 3 rings (SSSR count). The Kier molecular flexibility index (Phi) is 4.27. The second-order valence-electron chi connectivity index (χ2n) is 6.06. The van der Waals surface area contributed by atoms with Gasteiger partial charge in [-0.15, -0.1) is 0 Å². The molecule has 2 fully saturated rings. The molecule has 2 aliphatic rings. The quantitative estimate of drug-likeness (QED) is 0.875. The van der Waals surface area contributed by atoms with E-state index in [4.69, 9.17) is 0 Å². The second-order valence-corrected chi connectivity index (χ2v) is 6.84. The van der Waals surface area contributed by atoms with E-state index in [2.05, 4.69) is 27.0 Å². The lowest BCUT2D eigenvalue weighted by Crippen LogP contribution is -2.52. The van der Waals surface area contributed by atoms with Crippen LogP contribution in [0.4, 0.5) is 5.69 Å². The summed E-state index contributed by atoms with van der Waals surface area (Å²) in [4.78, 5) is 13.6. The van der Waals surface area contributed by atoms with Crippen LogP contribution in [0.5, 0.6) is 0 Å². The van der Waals surface area contributed by atoms with Gasteiger partial charge in [-0.3, -0.25) is 4.79 Å². The Morgan fingerprint density at radius 2 is 2.30 bits per heavy atom. The zero-order chi connectivity index (χ0) is 13.9.